The quantitative estimate of drug-likeness (QED) is 0.877. The molecule has 0 aromatic heterocycles. The largest absolute Gasteiger partial charge is 0.385 e. The highest BCUT2D eigenvalue weighted by Crippen LogP contribution is 2.29. The maximum atomic E-state index is 11.3. The van der Waals surface area contributed by atoms with E-state index in [1.165, 1.54) is 31.9 Å². The Kier molecular flexibility index (Phi) is 3.72. The number of hydrogen-bond acceptors (Lipinski definition) is 3. The Morgan fingerprint density at radius 1 is 1.24 bits per heavy atom. The van der Waals surface area contributed by atoms with Crippen molar-refractivity contribution < 1.29 is 8.42 Å². The first kappa shape index (κ1) is 12.4. The van der Waals surface area contributed by atoms with Crippen LogP contribution in [0.15, 0.2) is 29.2 Å². The molecule has 1 aliphatic carbocycles. The zero-order valence-corrected chi connectivity index (χ0v) is 11.0. The Labute approximate surface area is 103 Å². The first-order valence-electron chi connectivity index (χ1n) is 6.10. The lowest BCUT2D eigenvalue weighted by molar-refractivity contribution is 0.303. The molecule has 0 radical (unpaired) electrons. The van der Waals surface area contributed by atoms with E-state index in [1.54, 1.807) is 12.1 Å². The summed E-state index contributed by atoms with van der Waals surface area (Å²) in [5.74, 6) is 0.901. The van der Waals surface area contributed by atoms with Gasteiger partial charge in [0, 0.05) is 18.5 Å². The second kappa shape index (κ2) is 5.08. The summed E-state index contributed by atoms with van der Waals surface area (Å²) >= 11 is 0. The molecule has 3 nitrogen and oxygen atoms in total. The van der Waals surface area contributed by atoms with Gasteiger partial charge in [-0.1, -0.05) is 19.3 Å². The van der Waals surface area contributed by atoms with E-state index >= 15 is 0 Å². The molecule has 0 spiro atoms. The Hall–Kier alpha value is -1.03. The van der Waals surface area contributed by atoms with E-state index in [9.17, 15) is 8.42 Å². The first-order chi connectivity index (χ1) is 8.05. The fourth-order valence-electron chi connectivity index (χ4n) is 2.02. The van der Waals surface area contributed by atoms with Crippen LogP contribution in [0.4, 0.5) is 5.69 Å². The molecule has 0 heterocycles. The van der Waals surface area contributed by atoms with Gasteiger partial charge in [-0.05, 0) is 36.6 Å². The molecule has 4 heteroatoms. The standard InChI is InChI=1S/C13H19NO2S/c1-17(15,16)13-7-5-12(6-8-13)14-10-9-11-3-2-4-11/h5-8,11,14H,2-4,9-10H2,1H3. The van der Waals surface area contributed by atoms with Crippen molar-refractivity contribution in [1.82, 2.24) is 0 Å². The van der Waals surface area contributed by atoms with E-state index in [4.69, 9.17) is 0 Å². The van der Waals surface area contributed by atoms with Crippen molar-refractivity contribution in [2.75, 3.05) is 18.1 Å². The van der Waals surface area contributed by atoms with Crippen molar-refractivity contribution in [2.45, 2.75) is 30.6 Å². The van der Waals surface area contributed by atoms with Crippen molar-refractivity contribution in [3.05, 3.63) is 24.3 Å². The molecule has 94 valence electrons. The first-order valence-corrected chi connectivity index (χ1v) is 7.99. The van der Waals surface area contributed by atoms with Gasteiger partial charge in [0.1, 0.15) is 0 Å². The second-order valence-corrected chi connectivity index (χ2v) is 6.82. The lowest BCUT2D eigenvalue weighted by Crippen LogP contribution is -2.15. The zero-order valence-electron chi connectivity index (χ0n) is 10.1. The van der Waals surface area contributed by atoms with Crippen molar-refractivity contribution >= 4 is 15.5 Å². The maximum absolute atomic E-state index is 11.3. The number of sulfone groups is 1. The Bertz CT molecular complexity index is 461. The van der Waals surface area contributed by atoms with Gasteiger partial charge in [-0.25, -0.2) is 8.42 Å². The third-order valence-electron chi connectivity index (χ3n) is 3.39. The minimum absolute atomic E-state index is 0.377. The van der Waals surface area contributed by atoms with Gasteiger partial charge in [-0.15, -0.1) is 0 Å². The lowest BCUT2D eigenvalue weighted by atomic mass is 9.83. The van der Waals surface area contributed by atoms with Crippen molar-refractivity contribution in [3.8, 4) is 0 Å². The molecule has 1 saturated carbocycles. The SMILES string of the molecule is CS(=O)(=O)c1ccc(NCCC2CCC2)cc1. The van der Waals surface area contributed by atoms with E-state index in [-0.39, 0.29) is 0 Å². The van der Waals surface area contributed by atoms with E-state index in [0.29, 0.717) is 4.90 Å². The number of anilines is 1. The van der Waals surface area contributed by atoms with Gasteiger partial charge in [0.25, 0.3) is 0 Å². The number of hydrogen-bond donors (Lipinski definition) is 1. The molecular weight excluding hydrogens is 234 g/mol. The molecule has 0 bridgehead atoms. The van der Waals surface area contributed by atoms with Crippen LogP contribution < -0.4 is 5.32 Å². The van der Waals surface area contributed by atoms with E-state index in [1.807, 2.05) is 12.1 Å². The van der Waals surface area contributed by atoms with Crippen LogP contribution in [-0.2, 0) is 9.84 Å². The monoisotopic (exact) mass is 253 g/mol. The topological polar surface area (TPSA) is 46.2 Å². The smallest absolute Gasteiger partial charge is 0.175 e. The number of benzene rings is 1. The molecule has 0 atom stereocenters. The molecule has 0 saturated heterocycles. The number of nitrogens with one attached hydrogen (secondary N) is 1. The molecule has 1 N–H and O–H groups in total. The van der Waals surface area contributed by atoms with Crippen LogP contribution in [-0.4, -0.2) is 21.2 Å². The van der Waals surface area contributed by atoms with Crippen molar-refractivity contribution in [2.24, 2.45) is 5.92 Å². The van der Waals surface area contributed by atoms with Crippen molar-refractivity contribution in [1.29, 1.82) is 0 Å². The molecule has 0 unspecified atom stereocenters. The Morgan fingerprint density at radius 2 is 1.88 bits per heavy atom. The summed E-state index contributed by atoms with van der Waals surface area (Å²) in [6, 6.07) is 6.97. The lowest BCUT2D eigenvalue weighted by Gasteiger charge is -2.25. The van der Waals surface area contributed by atoms with Crippen LogP contribution in [0.3, 0.4) is 0 Å². The summed E-state index contributed by atoms with van der Waals surface area (Å²) in [7, 11) is -3.08. The minimum Gasteiger partial charge on any atom is -0.385 e. The highest BCUT2D eigenvalue weighted by molar-refractivity contribution is 7.90. The van der Waals surface area contributed by atoms with Gasteiger partial charge in [0.05, 0.1) is 4.90 Å². The normalized spacial score (nSPS) is 16.5. The van der Waals surface area contributed by atoms with Crippen LogP contribution in [0.25, 0.3) is 0 Å². The Balaban J connectivity index is 1.85. The van der Waals surface area contributed by atoms with Crippen LogP contribution in [0, 0.1) is 5.92 Å². The third kappa shape index (κ3) is 3.46. The molecule has 0 aliphatic heterocycles. The van der Waals surface area contributed by atoms with Crippen LogP contribution in [0.5, 0.6) is 0 Å². The fourth-order valence-corrected chi connectivity index (χ4v) is 2.65. The highest BCUT2D eigenvalue weighted by atomic mass is 32.2. The Morgan fingerprint density at radius 3 is 2.35 bits per heavy atom. The molecule has 1 aliphatic rings. The second-order valence-electron chi connectivity index (χ2n) is 4.81. The van der Waals surface area contributed by atoms with Crippen LogP contribution >= 0.6 is 0 Å². The molecule has 1 aromatic carbocycles. The number of rotatable bonds is 5. The van der Waals surface area contributed by atoms with E-state index in [2.05, 4.69) is 5.32 Å². The maximum Gasteiger partial charge on any atom is 0.175 e. The summed E-state index contributed by atoms with van der Waals surface area (Å²) in [6.45, 7) is 0.975. The molecule has 2 rings (SSSR count). The summed E-state index contributed by atoms with van der Waals surface area (Å²) in [4.78, 5) is 0.377. The predicted octanol–water partition coefficient (Wildman–Crippen LogP) is 2.69. The molecule has 1 fully saturated rings. The van der Waals surface area contributed by atoms with Crippen molar-refractivity contribution in [3.63, 3.8) is 0 Å². The average molecular weight is 253 g/mol. The molecular formula is C13H19NO2S. The summed E-state index contributed by atoms with van der Waals surface area (Å²) in [5.41, 5.74) is 0.997. The third-order valence-corrected chi connectivity index (χ3v) is 4.52. The predicted molar refractivity (Wildman–Crippen MR) is 70.0 cm³/mol. The van der Waals surface area contributed by atoms with Gasteiger partial charge in [0.2, 0.25) is 0 Å². The van der Waals surface area contributed by atoms with Gasteiger partial charge < -0.3 is 5.32 Å². The van der Waals surface area contributed by atoms with Gasteiger partial charge >= 0.3 is 0 Å². The minimum atomic E-state index is -3.08. The van der Waals surface area contributed by atoms with Gasteiger partial charge in [0.15, 0.2) is 9.84 Å². The molecule has 1 aromatic rings. The summed E-state index contributed by atoms with van der Waals surface area (Å²) in [5, 5.41) is 3.33. The van der Waals surface area contributed by atoms with Gasteiger partial charge in [-0.2, -0.15) is 0 Å². The molecule has 17 heavy (non-hydrogen) atoms. The summed E-state index contributed by atoms with van der Waals surface area (Å²) in [6.07, 6.45) is 6.57. The highest BCUT2D eigenvalue weighted by Gasteiger charge is 2.16. The van der Waals surface area contributed by atoms with Gasteiger partial charge in [-0.3, -0.25) is 0 Å². The average Bonchev–Trinajstić information content (AvgIpc) is 2.21. The fraction of sp³-hybridized carbons (Fsp3) is 0.538. The zero-order chi connectivity index (χ0) is 12.3. The van der Waals surface area contributed by atoms with E-state index in [0.717, 1.165) is 18.2 Å². The molecule has 0 amide bonds. The van der Waals surface area contributed by atoms with Crippen LogP contribution in [0.1, 0.15) is 25.7 Å². The summed E-state index contributed by atoms with van der Waals surface area (Å²) < 4.78 is 22.5. The van der Waals surface area contributed by atoms with Crippen LogP contribution in [0.2, 0.25) is 0 Å². The van der Waals surface area contributed by atoms with E-state index < -0.39 is 9.84 Å².